The predicted octanol–water partition coefficient (Wildman–Crippen LogP) is 5.02. The van der Waals surface area contributed by atoms with Crippen molar-refractivity contribution in [2.24, 2.45) is 0 Å². The van der Waals surface area contributed by atoms with Gasteiger partial charge in [0.15, 0.2) is 0 Å². The molecule has 2 nitrogen and oxygen atoms in total. The molecule has 0 unspecified atom stereocenters. The van der Waals surface area contributed by atoms with Gasteiger partial charge in [0.25, 0.3) is 0 Å². The van der Waals surface area contributed by atoms with Gasteiger partial charge in [-0.1, -0.05) is 0 Å². The molecule has 4 aromatic rings. The predicted molar refractivity (Wildman–Crippen MR) is 108 cm³/mol. The van der Waals surface area contributed by atoms with Crippen LogP contribution in [-0.2, 0) is 17.7 Å². The number of hydrogen-bond acceptors (Lipinski definition) is 2. The fraction of sp³-hybridized carbons (Fsp3) is 0.0833. The molecule has 158 valence electrons. The molecule has 7 heteroatoms. The molecule has 0 fully saturated rings. The Kier molecular flexibility index (Phi) is 5.99. The summed E-state index contributed by atoms with van der Waals surface area (Å²) >= 11 is -1.56. The molecule has 4 rings (SSSR count). The molecular formula is C24H16F4IrN2+. The summed E-state index contributed by atoms with van der Waals surface area (Å²) in [5.41, 5.74) is 2.76. The normalized spacial score (nSPS) is 11.2. The SMILES string of the molecule is Cc1ccc(-c2c(F)cc(F)c[c]2[Ir+][c]2cc(F)cc(F)c2-c2ccc(C)cn2)nc1. The van der Waals surface area contributed by atoms with Gasteiger partial charge in [-0.15, -0.1) is 0 Å². The van der Waals surface area contributed by atoms with Crippen LogP contribution in [0.3, 0.4) is 0 Å². The zero-order valence-corrected chi connectivity index (χ0v) is 18.9. The molecule has 0 aliphatic heterocycles. The first-order chi connectivity index (χ1) is 14.8. The van der Waals surface area contributed by atoms with E-state index in [1.54, 1.807) is 36.7 Å². The van der Waals surface area contributed by atoms with Crippen molar-refractivity contribution in [1.29, 1.82) is 0 Å². The van der Waals surface area contributed by atoms with Gasteiger partial charge in [-0.25, -0.2) is 0 Å². The third-order valence-electron chi connectivity index (χ3n) is 4.49. The first kappa shape index (κ1) is 21.3. The van der Waals surface area contributed by atoms with E-state index < -0.39 is 41.0 Å². The van der Waals surface area contributed by atoms with Crippen LogP contribution in [0.2, 0.25) is 0 Å². The van der Waals surface area contributed by atoms with Gasteiger partial charge in [-0.3, -0.25) is 0 Å². The summed E-state index contributed by atoms with van der Waals surface area (Å²) in [7, 11) is 0. The van der Waals surface area contributed by atoms with E-state index in [9.17, 15) is 17.6 Å². The summed E-state index contributed by atoms with van der Waals surface area (Å²) in [4.78, 5) is 8.53. The summed E-state index contributed by atoms with van der Waals surface area (Å²) in [5.74, 6) is -3.03. The molecule has 0 aliphatic carbocycles. The first-order valence-corrected chi connectivity index (χ1v) is 11.7. The van der Waals surface area contributed by atoms with Crippen LogP contribution >= 0.6 is 0 Å². The monoisotopic (exact) mass is 601 g/mol. The summed E-state index contributed by atoms with van der Waals surface area (Å²) in [6, 6.07) is 10.9. The van der Waals surface area contributed by atoms with Gasteiger partial charge >= 0.3 is 185 Å². The van der Waals surface area contributed by atoms with Gasteiger partial charge in [0.1, 0.15) is 0 Å². The van der Waals surface area contributed by atoms with Gasteiger partial charge in [0.05, 0.1) is 0 Å². The maximum absolute atomic E-state index is 14.8. The van der Waals surface area contributed by atoms with Crippen molar-refractivity contribution in [2.45, 2.75) is 13.8 Å². The molecule has 0 N–H and O–H groups in total. The van der Waals surface area contributed by atoms with E-state index in [1.165, 1.54) is 12.1 Å². The molecule has 0 saturated carbocycles. The average Bonchev–Trinajstić information content (AvgIpc) is 2.69. The van der Waals surface area contributed by atoms with Crippen LogP contribution in [0.15, 0.2) is 60.9 Å². The topological polar surface area (TPSA) is 25.8 Å². The Labute approximate surface area is 185 Å². The summed E-state index contributed by atoms with van der Waals surface area (Å²) in [6.45, 7) is 3.70. The minimum absolute atomic E-state index is 0.147. The molecule has 0 spiro atoms. The van der Waals surface area contributed by atoms with Gasteiger partial charge in [-0.2, -0.15) is 0 Å². The van der Waals surface area contributed by atoms with Crippen LogP contribution in [0.1, 0.15) is 11.1 Å². The molecule has 0 bridgehead atoms. The van der Waals surface area contributed by atoms with Crippen molar-refractivity contribution in [3.63, 3.8) is 0 Å². The average molecular weight is 601 g/mol. The molecule has 2 heterocycles. The molecule has 31 heavy (non-hydrogen) atoms. The van der Waals surface area contributed by atoms with E-state index >= 15 is 0 Å². The standard InChI is InChI=1S/2C12H8F2N.Ir/c2*1-8-2-5-12(15-7-8)10-4-3-9(13)6-11(10)14;/h2*2-3,5-7H,1H3;/q;;+1. The fourth-order valence-electron chi connectivity index (χ4n) is 3.00. The maximum atomic E-state index is 14.8. The Morgan fingerprint density at radius 3 is 1.39 bits per heavy atom. The van der Waals surface area contributed by atoms with Crippen LogP contribution in [0.25, 0.3) is 22.5 Å². The zero-order valence-electron chi connectivity index (χ0n) is 16.5. The van der Waals surface area contributed by atoms with Crippen molar-refractivity contribution < 1.29 is 35.3 Å². The Hall–Kier alpha value is -2.89. The van der Waals surface area contributed by atoms with E-state index in [0.717, 1.165) is 23.3 Å². The molecular weight excluding hydrogens is 584 g/mol. The Morgan fingerprint density at radius 2 is 1.03 bits per heavy atom. The second-order valence-electron chi connectivity index (χ2n) is 6.97. The van der Waals surface area contributed by atoms with Crippen LogP contribution in [-0.4, -0.2) is 9.97 Å². The molecule has 2 aromatic heterocycles. The number of pyridine rings is 2. The fourth-order valence-corrected chi connectivity index (χ4v) is 6.48. The second kappa shape index (κ2) is 8.69. The van der Waals surface area contributed by atoms with Crippen LogP contribution in [0, 0.1) is 37.1 Å². The van der Waals surface area contributed by atoms with Crippen LogP contribution in [0.5, 0.6) is 0 Å². The van der Waals surface area contributed by atoms with Gasteiger partial charge in [-0.05, 0) is 0 Å². The van der Waals surface area contributed by atoms with Gasteiger partial charge < -0.3 is 0 Å². The quantitative estimate of drug-likeness (QED) is 0.308. The molecule has 0 radical (unpaired) electrons. The van der Waals surface area contributed by atoms with Crippen molar-refractivity contribution in [1.82, 2.24) is 9.97 Å². The Balaban J connectivity index is 1.89. The second-order valence-corrected chi connectivity index (χ2v) is 10.1. The number of nitrogens with zero attached hydrogens (tertiary/aromatic N) is 2. The van der Waals surface area contributed by atoms with Crippen molar-refractivity contribution in [3.05, 3.63) is 95.3 Å². The molecule has 0 aliphatic rings. The van der Waals surface area contributed by atoms with E-state index in [4.69, 9.17) is 0 Å². The van der Waals surface area contributed by atoms with E-state index in [1.807, 2.05) is 13.8 Å². The number of hydrogen-bond donors (Lipinski definition) is 0. The third-order valence-corrected chi connectivity index (χ3v) is 7.67. The van der Waals surface area contributed by atoms with Crippen LogP contribution < -0.4 is 8.15 Å². The van der Waals surface area contributed by atoms with Crippen molar-refractivity contribution >= 4 is 8.15 Å². The summed E-state index contributed by atoms with van der Waals surface area (Å²) in [6.07, 6.45) is 3.18. The van der Waals surface area contributed by atoms with Crippen molar-refractivity contribution in [3.8, 4) is 22.5 Å². The van der Waals surface area contributed by atoms with Gasteiger partial charge in [0.2, 0.25) is 0 Å². The summed E-state index contributed by atoms with van der Waals surface area (Å²) < 4.78 is 58.6. The van der Waals surface area contributed by atoms with Gasteiger partial charge in [0, 0.05) is 0 Å². The molecule has 0 atom stereocenters. The van der Waals surface area contributed by atoms with E-state index in [2.05, 4.69) is 9.97 Å². The Morgan fingerprint density at radius 1 is 0.613 bits per heavy atom. The van der Waals surface area contributed by atoms with E-state index in [-0.39, 0.29) is 11.1 Å². The number of rotatable bonds is 4. The number of aryl methyl sites for hydroxylation is 2. The van der Waals surface area contributed by atoms with Crippen molar-refractivity contribution in [2.75, 3.05) is 0 Å². The molecule has 0 amide bonds. The minimum atomic E-state index is -1.56. The molecule has 0 saturated heterocycles. The van der Waals surface area contributed by atoms with E-state index in [0.29, 0.717) is 19.5 Å². The number of aromatic nitrogens is 2. The molecule has 2 aromatic carbocycles. The first-order valence-electron chi connectivity index (χ1n) is 9.26. The number of halogens is 4. The Bertz CT molecular complexity index is 1160. The number of benzene rings is 2. The third kappa shape index (κ3) is 4.58. The van der Waals surface area contributed by atoms with Crippen LogP contribution in [0.4, 0.5) is 17.6 Å². The summed E-state index contributed by atoms with van der Waals surface area (Å²) in [5, 5.41) is 0. The zero-order chi connectivity index (χ0) is 22.1.